The number of nitrogens with zero attached hydrogens (tertiary/aromatic N) is 2. The Balaban J connectivity index is 2.32. The van der Waals surface area contributed by atoms with Crippen LogP contribution in [-0.2, 0) is 11.3 Å². The van der Waals surface area contributed by atoms with Crippen molar-refractivity contribution >= 4 is 5.97 Å². The van der Waals surface area contributed by atoms with Gasteiger partial charge in [0.25, 0.3) is 0 Å². The number of ether oxygens (including phenoxy) is 1. The zero-order valence-electron chi connectivity index (χ0n) is 10.7. The fourth-order valence-electron chi connectivity index (χ4n) is 1.99. The number of rotatable bonds is 6. The summed E-state index contributed by atoms with van der Waals surface area (Å²) in [6.07, 6.45) is 2.52. The normalized spacial score (nSPS) is 10.6. The number of carboxylic acid groups (broad SMARTS) is 1. The number of carbonyl (C=O) groups is 1. The van der Waals surface area contributed by atoms with Gasteiger partial charge in [0, 0.05) is 32.0 Å². The van der Waals surface area contributed by atoms with E-state index >= 15 is 0 Å². The Kier molecular flexibility index (Phi) is 4.30. The number of aromatic carboxylic acids is 1. The van der Waals surface area contributed by atoms with Crippen LogP contribution in [0.25, 0.3) is 11.3 Å². The molecule has 0 aliphatic heterocycles. The molecule has 100 valence electrons. The smallest absolute Gasteiger partial charge is 0.336 e. The molecule has 0 radical (unpaired) electrons. The summed E-state index contributed by atoms with van der Waals surface area (Å²) in [7, 11) is 1.66. The zero-order chi connectivity index (χ0) is 13.7. The fraction of sp³-hybridized carbons (Fsp3) is 0.286. The van der Waals surface area contributed by atoms with Gasteiger partial charge >= 0.3 is 5.97 Å². The molecule has 0 aliphatic carbocycles. The first-order valence-corrected chi connectivity index (χ1v) is 6.07. The molecule has 0 amide bonds. The number of aromatic nitrogens is 2. The van der Waals surface area contributed by atoms with Crippen LogP contribution in [0.4, 0.5) is 0 Å². The van der Waals surface area contributed by atoms with Crippen molar-refractivity contribution in [2.24, 2.45) is 0 Å². The molecular weight excluding hydrogens is 244 g/mol. The van der Waals surface area contributed by atoms with Gasteiger partial charge in [-0.1, -0.05) is 18.2 Å². The van der Waals surface area contributed by atoms with Gasteiger partial charge in [0.15, 0.2) is 0 Å². The van der Waals surface area contributed by atoms with Crippen molar-refractivity contribution in [2.45, 2.75) is 13.0 Å². The Morgan fingerprint density at radius 3 is 2.89 bits per heavy atom. The largest absolute Gasteiger partial charge is 0.478 e. The van der Waals surface area contributed by atoms with Crippen molar-refractivity contribution in [3.05, 3.63) is 42.1 Å². The molecule has 0 fully saturated rings. The minimum Gasteiger partial charge on any atom is -0.478 e. The summed E-state index contributed by atoms with van der Waals surface area (Å²) in [6.45, 7) is 1.35. The topological polar surface area (TPSA) is 64.4 Å². The molecule has 5 nitrogen and oxygen atoms in total. The predicted octanol–water partition coefficient (Wildman–Crippen LogP) is 2.28. The van der Waals surface area contributed by atoms with E-state index < -0.39 is 5.97 Å². The molecule has 0 aliphatic rings. The van der Waals surface area contributed by atoms with E-state index in [-0.39, 0.29) is 5.56 Å². The van der Waals surface area contributed by atoms with Crippen LogP contribution in [0.5, 0.6) is 0 Å². The summed E-state index contributed by atoms with van der Waals surface area (Å²) in [5.41, 5.74) is 1.79. The fourth-order valence-corrected chi connectivity index (χ4v) is 1.99. The molecular formula is C14H16N2O3. The van der Waals surface area contributed by atoms with Gasteiger partial charge in [-0.15, -0.1) is 0 Å². The molecule has 0 atom stereocenters. The van der Waals surface area contributed by atoms with E-state index in [1.54, 1.807) is 36.2 Å². The maximum absolute atomic E-state index is 11.2. The van der Waals surface area contributed by atoms with Crippen molar-refractivity contribution in [1.82, 2.24) is 9.78 Å². The minimum absolute atomic E-state index is 0.288. The lowest BCUT2D eigenvalue weighted by atomic mass is 10.0. The van der Waals surface area contributed by atoms with Gasteiger partial charge < -0.3 is 9.84 Å². The second kappa shape index (κ2) is 6.15. The van der Waals surface area contributed by atoms with Crippen molar-refractivity contribution in [3.63, 3.8) is 0 Å². The first kappa shape index (κ1) is 13.3. The lowest BCUT2D eigenvalue weighted by Gasteiger charge is -2.09. The maximum atomic E-state index is 11.2. The maximum Gasteiger partial charge on any atom is 0.336 e. The highest BCUT2D eigenvalue weighted by molar-refractivity contribution is 5.95. The summed E-state index contributed by atoms with van der Waals surface area (Å²) >= 11 is 0. The molecule has 5 heteroatoms. The SMILES string of the molecule is COCCCn1nccc1-c1ccccc1C(=O)O. The first-order chi connectivity index (χ1) is 9.24. The van der Waals surface area contributed by atoms with Crippen molar-refractivity contribution in [2.75, 3.05) is 13.7 Å². The van der Waals surface area contributed by atoms with Crippen LogP contribution in [0.1, 0.15) is 16.8 Å². The summed E-state index contributed by atoms with van der Waals surface area (Å²) in [5.74, 6) is -0.930. The number of hydrogen-bond donors (Lipinski definition) is 1. The van der Waals surface area contributed by atoms with Gasteiger partial charge in [-0.05, 0) is 18.6 Å². The Morgan fingerprint density at radius 1 is 1.37 bits per heavy atom. The molecule has 19 heavy (non-hydrogen) atoms. The van der Waals surface area contributed by atoms with Gasteiger partial charge in [-0.25, -0.2) is 4.79 Å². The summed E-state index contributed by atoms with van der Waals surface area (Å²) < 4.78 is 6.82. The van der Waals surface area contributed by atoms with Gasteiger partial charge in [0.1, 0.15) is 0 Å². The molecule has 0 saturated carbocycles. The molecule has 1 aromatic heterocycles. The van der Waals surface area contributed by atoms with Crippen LogP contribution in [0, 0.1) is 0 Å². The highest BCUT2D eigenvalue weighted by Crippen LogP contribution is 2.23. The van der Waals surface area contributed by atoms with E-state index in [1.165, 1.54) is 0 Å². The van der Waals surface area contributed by atoms with Crippen LogP contribution in [0.15, 0.2) is 36.5 Å². The molecule has 0 bridgehead atoms. The van der Waals surface area contributed by atoms with Crippen molar-refractivity contribution in [3.8, 4) is 11.3 Å². The van der Waals surface area contributed by atoms with Gasteiger partial charge in [0.05, 0.1) is 11.3 Å². The lowest BCUT2D eigenvalue weighted by molar-refractivity contribution is 0.0697. The molecule has 1 N–H and O–H groups in total. The van der Waals surface area contributed by atoms with Gasteiger partial charge in [-0.3, -0.25) is 4.68 Å². The van der Waals surface area contributed by atoms with Gasteiger partial charge in [-0.2, -0.15) is 5.10 Å². The molecule has 0 spiro atoms. The molecule has 2 aromatic rings. The molecule has 2 rings (SSSR count). The second-order valence-corrected chi connectivity index (χ2v) is 4.14. The predicted molar refractivity (Wildman–Crippen MR) is 71.1 cm³/mol. The highest BCUT2D eigenvalue weighted by Gasteiger charge is 2.14. The molecule has 1 heterocycles. The standard InChI is InChI=1S/C14H16N2O3/c1-19-10-4-9-16-13(7-8-15-16)11-5-2-3-6-12(11)14(17)18/h2-3,5-8H,4,9-10H2,1H3,(H,17,18). The van der Waals surface area contributed by atoms with Crippen LogP contribution in [0.2, 0.25) is 0 Å². The number of hydrogen-bond acceptors (Lipinski definition) is 3. The monoisotopic (exact) mass is 260 g/mol. The summed E-state index contributed by atoms with van der Waals surface area (Å²) in [5, 5.41) is 13.5. The van der Waals surface area contributed by atoms with Crippen LogP contribution in [-0.4, -0.2) is 34.6 Å². The lowest BCUT2D eigenvalue weighted by Crippen LogP contribution is -2.07. The van der Waals surface area contributed by atoms with E-state index in [4.69, 9.17) is 4.74 Å². The average Bonchev–Trinajstić information content (AvgIpc) is 2.87. The Hall–Kier alpha value is -2.14. The third kappa shape index (κ3) is 3.00. The van der Waals surface area contributed by atoms with Gasteiger partial charge in [0.2, 0.25) is 0 Å². The van der Waals surface area contributed by atoms with Crippen LogP contribution in [0.3, 0.4) is 0 Å². The van der Waals surface area contributed by atoms with E-state index in [1.807, 2.05) is 12.1 Å². The van der Waals surface area contributed by atoms with Crippen molar-refractivity contribution < 1.29 is 14.6 Å². The first-order valence-electron chi connectivity index (χ1n) is 6.07. The number of aryl methyl sites for hydroxylation is 1. The third-order valence-corrected chi connectivity index (χ3v) is 2.87. The van der Waals surface area contributed by atoms with E-state index in [0.717, 1.165) is 12.1 Å². The molecule has 0 unspecified atom stereocenters. The Bertz CT molecular complexity index is 563. The number of carboxylic acids is 1. The van der Waals surface area contributed by atoms with E-state index in [9.17, 15) is 9.90 Å². The minimum atomic E-state index is -0.930. The van der Waals surface area contributed by atoms with Crippen LogP contribution >= 0.6 is 0 Å². The second-order valence-electron chi connectivity index (χ2n) is 4.14. The third-order valence-electron chi connectivity index (χ3n) is 2.87. The number of methoxy groups -OCH3 is 1. The molecule has 0 saturated heterocycles. The molecule has 1 aromatic carbocycles. The zero-order valence-corrected chi connectivity index (χ0v) is 10.7. The van der Waals surface area contributed by atoms with E-state index in [0.29, 0.717) is 18.7 Å². The quantitative estimate of drug-likeness (QED) is 0.809. The summed E-state index contributed by atoms with van der Waals surface area (Å²) in [6, 6.07) is 8.78. The Labute approximate surface area is 111 Å². The van der Waals surface area contributed by atoms with E-state index in [2.05, 4.69) is 5.10 Å². The number of benzene rings is 1. The highest BCUT2D eigenvalue weighted by atomic mass is 16.5. The summed E-state index contributed by atoms with van der Waals surface area (Å²) in [4.78, 5) is 11.2. The average molecular weight is 260 g/mol. The van der Waals surface area contributed by atoms with Crippen molar-refractivity contribution in [1.29, 1.82) is 0 Å². The van der Waals surface area contributed by atoms with Crippen LogP contribution < -0.4 is 0 Å². The Morgan fingerprint density at radius 2 is 2.16 bits per heavy atom.